The van der Waals surface area contributed by atoms with Crippen molar-refractivity contribution in [1.29, 1.82) is 0 Å². The van der Waals surface area contributed by atoms with Gasteiger partial charge in [0, 0.05) is 11.8 Å². The molecule has 0 amide bonds. The standard InChI is InChI=1S/C10H14BrNOS/c1-12(8-4-5-14-7-8)6-9-2-3-10(11)13-9/h2-3,8H,4-7H2,1H3. The fourth-order valence-electron chi connectivity index (χ4n) is 1.68. The number of thioether (sulfide) groups is 1. The average Bonchev–Trinajstić information content (AvgIpc) is 2.75. The van der Waals surface area contributed by atoms with E-state index in [0.29, 0.717) is 0 Å². The number of halogens is 1. The molecule has 1 atom stereocenters. The molecule has 2 rings (SSSR count). The summed E-state index contributed by atoms with van der Waals surface area (Å²) < 4.78 is 6.30. The van der Waals surface area contributed by atoms with E-state index in [1.807, 2.05) is 23.9 Å². The van der Waals surface area contributed by atoms with Crippen molar-refractivity contribution in [1.82, 2.24) is 4.90 Å². The summed E-state index contributed by atoms with van der Waals surface area (Å²) in [6.07, 6.45) is 1.31. The summed E-state index contributed by atoms with van der Waals surface area (Å²) in [5.41, 5.74) is 0. The van der Waals surface area contributed by atoms with Gasteiger partial charge >= 0.3 is 0 Å². The Kier molecular flexibility index (Phi) is 3.57. The summed E-state index contributed by atoms with van der Waals surface area (Å²) in [6.45, 7) is 0.914. The second-order valence-corrected chi connectivity index (χ2v) is 5.57. The third-order valence-electron chi connectivity index (χ3n) is 2.56. The first-order chi connectivity index (χ1) is 6.75. The van der Waals surface area contributed by atoms with Crippen LogP contribution in [0, 0.1) is 0 Å². The highest BCUT2D eigenvalue weighted by Gasteiger charge is 2.20. The molecule has 0 aromatic carbocycles. The molecule has 1 fully saturated rings. The zero-order chi connectivity index (χ0) is 9.97. The Morgan fingerprint density at radius 3 is 3.07 bits per heavy atom. The molecule has 1 aliphatic rings. The largest absolute Gasteiger partial charge is 0.453 e. The van der Waals surface area contributed by atoms with Crippen molar-refractivity contribution in [3.63, 3.8) is 0 Å². The van der Waals surface area contributed by atoms with Crippen LogP contribution in [0.25, 0.3) is 0 Å². The van der Waals surface area contributed by atoms with Crippen LogP contribution in [0.5, 0.6) is 0 Å². The monoisotopic (exact) mass is 275 g/mol. The van der Waals surface area contributed by atoms with Crippen LogP contribution in [-0.4, -0.2) is 29.5 Å². The average molecular weight is 276 g/mol. The van der Waals surface area contributed by atoms with Crippen molar-refractivity contribution in [3.05, 3.63) is 22.6 Å². The van der Waals surface area contributed by atoms with Gasteiger partial charge in [-0.2, -0.15) is 11.8 Å². The lowest BCUT2D eigenvalue weighted by atomic mass is 10.2. The molecule has 1 aliphatic heterocycles. The van der Waals surface area contributed by atoms with Gasteiger partial charge in [-0.25, -0.2) is 0 Å². The second-order valence-electron chi connectivity index (χ2n) is 3.64. The number of furan rings is 1. The van der Waals surface area contributed by atoms with E-state index >= 15 is 0 Å². The third kappa shape index (κ3) is 2.55. The molecule has 2 nitrogen and oxygen atoms in total. The highest BCUT2D eigenvalue weighted by Crippen LogP contribution is 2.23. The van der Waals surface area contributed by atoms with Gasteiger partial charge in [0.25, 0.3) is 0 Å². The molecular weight excluding hydrogens is 262 g/mol. The van der Waals surface area contributed by atoms with Crippen molar-refractivity contribution >= 4 is 27.7 Å². The summed E-state index contributed by atoms with van der Waals surface area (Å²) in [6, 6.07) is 4.71. The predicted molar refractivity (Wildman–Crippen MR) is 63.6 cm³/mol. The maximum atomic E-state index is 5.48. The van der Waals surface area contributed by atoms with E-state index in [1.54, 1.807) is 0 Å². The first-order valence-corrected chi connectivity index (χ1v) is 6.72. The molecular formula is C10H14BrNOS. The topological polar surface area (TPSA) is 16.4 Å². The van der Waals surface area contributed by atoms with Gasteiger partial charge in [0.2, 0.25) is 0 Å². The van der Waals surface area contributed by atoms with Gasteiger partial charge in [0.15, 0.2) is 4.67 Å². The van der Waals surface area contributed by atoms with Crippen LogP contribution in [0.15, 0.2) is 21.2 Å². The lowest BCUT2D eigenvalue weighted by molar-refractivity contribution is 0.233. The Balaban J connectivity index is 1.90. The normalized spacial score (nSPS) is 22.1. The lowest BCUT2D eigenvalue weighted by Gasteiger charge is -2.21. The molecule has 1 unspecified atom stereocenters. The highest BCUT2D eigenvalue weighted by atomic mass is 79.9. The molecule has 14 heavy (non-hydrogen) atoms. The van der Waals surface area contributed by atoms with E-state index in [1.165, 1.54) is 17.9 Å². The minimum atomic E-state index is 0.726. The minimum Gasteiger partial charge on any atom is -0.453 e. The lowest BCUT2D eigenvalue weighted by Crippen LogP contribution is -2.30. The number of rotatable bonds is 3. The Morgan fingerprint density at radius 1 is 1.64 bits per heavy atom. The quantitative estimate of drug-likeness (QED) is 0.844. The molecule has 0 radical (unpaired) electrons. The van der Waals surface area contributed by atoms with Crippen LogP contribution in [0.3, 0.4) is 0 Å². The van der Waals surface area contributed by atoms with Crippen molar-refractivity contribution < 1.29 is 4.42 Å². The molecule has 0 spiro atoms. The Morgan fingerprint density at radius 2 is 2.50 bits per heavy atom. The molecule has 0 saturated carbocycles. The highest BCUT2D eigenvalue weighted by molar-refractivity contribution is 9.10. The van der Waals surface area contributed by atoms with E-state index < -0.39 is 0 Å². The molecule has 78 valence electrons. The Labute approximate surface area is 97.2 Å². The van der Waals surface area contributed by atoms with Crippen molar-refractivity contribution in [2.45, 2.75) is 19.0 Å². The first-order valence-electron chi connectivity index (χ1n) is 4.78. The van der Waals surface area contributed by atoms with Crippen LogP contribution in [0.2, 0.25) is 0 Å². The van der Waals surface area contributed by atoms with Crippen LogP contribution in [-0.2, 0) is 6.54 Å². The maximum absolute atomic E-state index is 5.48. The molecule has 4 heteroatoms. The Hall–Kier alpha value is 0.0700. The van der Waals surface area contributed by atoms with E-state index in [9.17, 15) is 0 Å². The Bertz CT molecular complexity index is 296. The molecule has 1 saturated heterocycles. The van der Waals surface area contributed by atoms with Gasteiger partial charge in [-0.15, -0.1) is 0 Å². The fraction of sp³-hybridized carbons (Fsp3) is 0.600. The van der Waals surface area contributed by atoms with E-state index in [4.69, 9.17) is 4.42 Å². The zero-order valence-corrected chi connectivity index (χ0v) is 10.6. The molecule has 1 aromatic rings. The van der Waals surface area contributed by atoms with Gasteiger partial charge in [-0.3, -0.25) is 4.90 Å². The molecule has 0 aliphatic carbocycles. The molecule has 2 heterocycles. The summed E-state index contributed by atoms with van der Waals surface area (Å²) >= 11 is 5.36. The van der Waals surface area contributed by atoms with Crippen LogP contribution in [0.1, 0.15) is 12.2 Å². The number of nitrogens with zero attached hydrogens (tertiary/aromatic N) is 1. The van der Waals surface area contributed by atoms with Crippen LogP contribution >= 0.6 is 27.7 Å². The first kappa shape index (κ1) is 10.6. The minimum absolute atomic E-state index is 0.726. The van der Waals surface area contributed by atoms with Crippen LogP contribution in [0.4, 0.5) is 0 Å². The molecule has 0 bridgehead atoms. The van der Waals surface area contributed by atoms with Gasteiger partial charge in [-0.05, 0) is 47.3 Å². The molecule has 0 N–H and O–H groups in total. The van der Waals surface area contributed by atoms with E-state index in [2.05, 4.69) is 27.9 Å². The smallest absolute Gasteiger partial charge is 0.169 e. The van der Waals surface area contributed by atoms with Gasteiger partial charge in [0.05, 0.1) is 6.54 Å². The number of hydrogen-bond donors (Lipinski definition) is 0. The predicted octanol–water partition coefficient (Wildman–Crippen LogP) is 2.98. The van der Waals surface area contributed by atoms with E-state index in [0.717, 1.165) is 23.0 Å². The summed E-state index contributed by atoms with van der Waals surface area (Å²) in [4.78, 5) is 2.38. The van der Waals surface area contributed by atoms with Crippen molar-refractivity contribution in [3.8, 4) is 0 Å². The molecule has 1 aromatic heterocycles. The number of hydrogen-bond acceptors (Lipinski definition) is 3. The van der Waals surface area contributed by atoms with Crippen molar-refractivity contribution in [2.24, 2.45) is 0 Å². The second kappa shape index (κ2) is 4.73. The third-order valence-corrected chi connectivity index (χ3v) is 4.13. The summed E-state index contributed by atoms with van der Waals surface area (Å²) in [7, 11) is 2.17. The van der Waals surface area contributed by atoms with Gasteiger partial charge in [0.1, 0.15) is 5.76 Å². The van der Waals surface area contributed by atoms with Gasteiger partial charge < -0.3 is 4.42 Å². The van der Waals surface area contributed by atoms with Crippen molar-refractivity contribution in [2.75, 3.05) is 18.6 Å². The van der Waals surface area contributed by atoms with E-state index in [-0.39, 0.29) is 0 Å². The fourth-order valence-corrected chi connectivity index (χ4v) is 3.32. The van der Waals surface area contributed by atoms with Crippen LogP contribution < -0.4 is 0 Å². The summed E-state index contributed by atoms with van der Waals surface area (Å²) in [5, 5.41) is 0. The maximum Gasteiger partial charge on any atom is 0.169 e. The zero-order valence-electron chi connectivity index (χ0n) is 8.20. The van der Waals surface area contributed by atoms with Gasteiger partial charge in [-0.1, -0.05) is 0 Å². The SMILES string of the molecule is CN(Cc1ccc(Br)o1)C1CCSC1. The summed E-state index contributed by atoms with van der Waals surface area (Å²) in [5.74, 6) is 3.60.